The lowest BCUT2D eigenvalue weighted by Gasteiger charge is -2.33. The second-order valence-corrected chi connectivity index (χ2v) is 32.6. The standard InChI is InChI=1S/3C24H24N4O2.C23H22N4O2/c2*1-15-6-9-22(26-13-15)30-21-12-17-11-20(21)28(14-17)24(29)23-18(8-7-16(2)27-23)19-5-3-4-10-25-19;1-15-6-7-21(27-13-15)30-20-12-17-11-19(20)28(14-17)24(29)23-22(16(2)8-10-26-23)18-5-3-4-9-25-18;1-15-7-8-21(26-13-15)29-20-12-16-11-19(20)27(14-16)23(28)22-17(5-4-10-25-22)18-6-2-3-9-24-18/h2*3-10,13,17,20-21H,11-12,14H2,1-2H3;3-10,13,17,19-20H,11-12,14H2,1-2H3;2-10,13,16,19-20H,11-12,14H2,1H3. The highest BCUT2D eigenvalue weighted by molar-refractivity contribution is 6.02. The Morgan fingerprint density at radius 2 is 0.597 bits per heavy atom. The van der Waals surface area contributed by atoms with Gasteiger partial charge in [-0.25, -0.2) is 29.9 Å². The van der Waals surface area contributed by atoms with Gasteiger partial charge in [-0.15, -0.1) is 0 Å². The summed E-state index contributed by atoms with van der Waals surface area (Å²) in [6.07, 6.45) is 25.1. The van der Waals surface area contributed by atoms with Gasteiger partial charge in [0.2, 0.25) is 23.5 Å². The van der Waals surface area contributed by atoms with Gasteiger partial charge in [0.05, 0.1) is 46.9 Å². The number of hydrogen-bond acceptors (Lipinski definition) is 20. The van der Waals surface area contributed by atoms with Gasteiger partial charge >= 0.3 is 0 Å². The lowest BCUT2D eigenvalue weighted by molar-refractivity contribution is 0.0459. The Bertz CT molecular complexity index is 5320. The molecule has 4 aliphatic heterocycles. The molecule has 24 heteroatoms. The largest absolute Gasteiger partial charge is 0.472 e. The van der Waals surface area contributed by atoms with Gasteiger partial charge in [0.15, 0.2) is 0 Å². The van der Waals surface area contributed by atoms with Crippen LogP contribution in [0.4, 0.5) is 0 Å². The highest BCUT2D eigenvalue weighted by Crippen LogP contribution is 2.46. The second kappa shape index (κ2) is 34.6. The summed E-state index contributed by atoms with van der Waals surface area (Å²) in [4.78, 5) is 115. The van der Waals surface area contributed by atoms with E-state index in [9.17, 15) is 19.2 Å². The number of hydrogen-bond donors (Lipinski definition) is 0. The molecule has 0 N–H and O–H groups in total. The monoisotopic (exact) mass is 1590 g/mol. The molecule has 4 saturated heterocycles. The quantitative estimate of drug-likeness (QED) is 0.0869. The molecular weight excluding hydrogens is 1490 g/mol. The first-order chi connectivity index (χ1) is 57.9. The molecule has 8 fully saturated rings. The van der Waals surface area contributed by atoms with Crippen molar-refractivity contribution in [3.05, 3.63) is 288 Å². The fourth-order valence-corrected chi connectivity index (χ4v) is 18.3. The zero-order valence-electron chi connectivity index (χ0n) is 67.7. The second-order valence-electron chi connectivity index (χ2n) is 32.6. The molecule has 20 rings (SSSR count). The summed E-state index contributed by atoms with van der Waals surface area (Å²) in [5.41, 5.74) is 15.0. The van der Waals surface area contributed by atoms with Crippen LogP contribution in [0.2, 0.25) is 0 Å². The molecule has 4 aliphatic carbocycles. The van der Waals surface area contributed by atoms with Gasteiger partial charge in [0.1, 0.15) is 47.2 Å². The van der Waals surface area contributed by atoms with E-state index in [1.165, 1.54) is 0 Å². The van der Waals surface area contributed by atoms with Crippen LogP contribution in [0.3, 0.4) is 0 Å². The summed E-state index contributed by atoms with van der Waals surface area (Å²) >= 11 is 0. The number of ether oxygens (including phenoxy) is 4. The number of aromatic nitrogens is 12. The Balaban J connectivity index is 0.000000113. The zero-order valence-corrected chi connectivity index (χ0v) is 67.7. The summed E-state index contributed by atoms with van der Waals surface area (Å²) in [5.74, 6) is 4.12. The molecular formula is C95H94N16O8. The maximum Gasteiger partial charge on any atom is 0.273 e. The number of amides is 4. The number of carbonyl (C=O) groups is 4. The van der Waals surface area contributed by atoms with Crippen LogP contribution < -0.4 is 18.9 Å². The third-order valence-electron chi connectivity index (χ3n) is 24.0. The van der Waals surface area contributed by atoms with Gasteiger partial charge in [-0.3, -0.25) is 49.1 Å². The third kappa shape index (κ3) is 17.2. The summed E-state index contributed by atoms with van der Waals surface area (Å²) < 4.78 is 24.7. The highest BCUT2D eigenvalue weighted by Gasteiger charge is 2.53. The van der Waals surface area contributed by atoms with Crippen LogP contribution >= 0.6 is 0 Å². The van der Waals surface area contributed by atoms with E-state index in [1.54, 1.807) is 62.0 Å². The normalized spacial score (nSPS) is 22.4. The number of fused-ring (bicyclic) bond motifs is 8. The van der Waals surface area contributed by atoms with Crippen molar-refractivity contribution in [1.82, 2.24) is 79.4 Å². The van der Waals surface area contributed by atoms with Gasteiger partial charge in [-0.2, -0.15) is 0 Å². The molecule has 4 saturated carbocycles. The average molecular weight is 1590 g/mol. The minimum absolute atomic E-state index is 0.0325. The summed E-state index contributed by atoms with van der Waals surface area (Å²) in [6.45, 7) is 16.8. The van der Waals surface area contributed by atoms with Crippen LogP contribution in [0, 0.1) is 72.1 Å². The molecule has 24 nitrogen and oxygen atoms in total. The van der Waals surface area contributed by atoms with Crippen LogP contribution in [0.5, 0.6) is 23.5 Å². The van der Waals surface area contributed by atoms with Gasteiger partial charge < -0.3 is 38.5 Å². The van der Waals surface area contributed by atoms with Crippen molar-refractivity contribution < 1.29 is 38.1 Å². The molecule has 12 atom stereocenters. The van der Waals surface area contributed by atoms with E-state index >= 15 is 0 Å². The summed E-state index contributed by atoms with van der Waals surface area (Å²) in [5, 5.41) is 0. The maximum atomic E-state index is 13.6. The van der Waals surface area contributed by atoms with Crippen LogP contribution in [-0.2, 0) is 0 Å². The number of piperidine rings is 4. The smallest absolute Gasteiger partial charge is 0.273 e. The molecule has 12 aromatic heterocycles. The third-order valence-corrected chi connectivity index (χ3v) is 24.0. The van der Waals surface area contributed by atoms with Crippen LogP contribution in [0.25, 0.3) is 45.0 Å². The Morgan fingerprint density at radius 3 is 0.916 bits per heavy atom. The van der Waals surface area contributed by atoms with Crippen LogP contribution in [0.15, 0.2) is 226 Å². The molecule has 602 valence electrons. The lowest BCUT2D eigenvalue weighted by atomic mass is 10.0. The van der Waals surface area contributed by atoms with Crippen LogP contribution in [0.1, 0.15) is 133 Å². The molecule has 119 heavy (non-hydrogen) atoms. The van der Waals surface area contributed by atoms with E-state index in [0.29, 0.717) is 70.0 Å². The van der Waals surface area contributed by atoms with Crippen molar-refractivity contribution in [3.63, 3.8) is 0 Å². The van der Waals surface area contributed by atoms with Gasteiger partial charge in [0, 0.05) is 146 Å². The lowest BCUT2D eigenvalue weighted by Crippen LogP contribution is -2.47. The molecule has 4 amide bonds. The fraction of sp³-hybridized carbons (Fsp3) is 0.326. The molecule has 12 aromatic rings. The first-order valence-corrected chi connectivity index (χ1v) is 41.1. The van der Waals surface area contributed by atoms with E-state index in [2.05, 4.69) is 59.8 Å². The Hall–Kier alpha value is -13.1. The average Bonchev–Trinajstić information content (AvgIpc) is 0.882. The minimum Gasteiger partial charge on any atom is -0.472 e. The SMILES string of the molecule is Cc1ccc(OC2CC3CC2N(C(=O)c2nc(C)ccc2-c2ccccn2)C3)nc1.Cc1ccc(OC2CC3CC2N(C(=O)c2nc(C)ccc2-c2ccccn2)C3)nc1.Cc1ccc(OC2CC3CC2N(C(=O)c2nccc(C)c2-c2ccccn2)C3)nc1.Cc1ccc(OC2CC3CC2N(C(=O)c2ncccc2-c2ccccn2)C3)nc1. The fourth-order valence-electron chi connectivity index (χ4n) is 18.3. The van der Waals surface area contributed by atoms with Crippen molar-refractivity contribution in [3.8, 4) is 68.5 Å². The molecule has 8 aliphatic rings. The number of aryl methyl sites for hydroxylation is 7. The summed E-state index contributed by atoms with van der Waals surface area (Å²) in [7, 11) is 0. The topological polar surface area (TPSA) is 273 Å². The van der Waals surface area contributed by atoms with Crippen molar-refractivity contribution in [2.24, 2.45) is 23.7 Å². The number of likely N-dealkylation sites (tertiary alicyclic amines) is 4. The molecule has 0 radical (unpaired) electrons. The van der Waals surface area contributed by atoms with Gasteiger partial charge in [0.25, 0.3) is 23.6 Å². The van der Waals surface area contributed by atoms with Crippen molar-refractivity contribution in [2.75, 3.05) is 26.2 Å². The predicted molar refractivity (Wildman–Crippen MR) is 448 cm³/mol. The van der Waals surface area contributed by atoms with E-state index in [0.717, 1.165) is 162 Å². The van der Waals surface area contributed by atoms with E-state index in [-0.39, 0.29) is 72.2 Å². The number of pyridine rings is 12. The van der Waals surface area contributed by atoms with E-state index < -0.39 is 0 Å². The number of rotatable bonds is 16. The maximum absolute atomic E-state index is 13.6. The molecule has 8 bridgehead atoms. The van der Waals surface area contributed by atoms with Crippen LogP contribution in [-0.4, -0.2) is 178 Å². The Kier molecular flexibility index (Phi) is 22.8. The predicted octanol–water partition coefficient (Wildman–Crippen LogP) is 15.0. The van der Waals surface area contributed by atoms with E-state index in [1.807, 2.05) is 232 Å². The molecule has 0 spiro atoms. The first-order valence-electron chi connectivity index (χ1n) is 41.1. The molecule has 16 heterocycles. The minimum atomic E-state index is -0.0519. The summed E-state index contributed by atoms with van der Waals surface area (Å²) in [6, 6.07) is 52.0. The number of carbonyl (C=O) groups excluding carboxylic acids is 4. The van der Waals surface area contributed by atoms with Crippen molar-refractivity contribution in [1.29, 1.82) is 0 Å². The van der Waals surface area contributed by atoms with Gasteiger partial charge in [-0.1, -0.05) is 48.5 Å². The first kappa shape index (κ1) is 78.4. The highest BCUT2D eigenvalue weighted by atomic mass is 16.5. The Morgan fingerprint density at radius 1 is 0.286 bits per heavy atom. The molecule has 12 unspecified atom stereocenters. The van der Waals surface area contributed by atoms with E-state index in [4.69, 9.17) is 18.9 Å². The van der Waals surface area contributed by atoms with Crippen molar-refractivity contribution >= 4 is 23.6 Å². The van der Waals surface area contributed by atoms with Gasteiger partial charge in [-0.05, 0) is 242 Å². The zero-order chi connectivity index (χ0) is 81.8. The number of nitrogens with zero attached hydrogens (tertiary/aromatic N) is 16. The van der Waals surface area contributed by atoms with Crippen molar-refractivity contribution in [2.45, 2.75) is 148 Å². The molecule has 0 aromatic carbocycles. The Labute approximate surface area is 692 Å².